The molecule has 0 aliphatic heterocycles. The van der Waals surface area contributed by atoms with Crippen LogP contribution in [0.1, 0.15) is 5.56 Å². The number of aromatic nitrogens is 1. The fourth-order valence-corrected chi connectivity index (χ4v) is 1.70. The van der Waals surface area contributed by atoms with Crippen molar-refractivity contribution in [1.29, 1.82) is 0 Å². The van der Waals surface area contributed by atoms with Crippen LogP contribution in [0, 0.1) is 6.92 Å². The Morgan fingerprint density at radius 3 is 2.75 bits per heavy atom. The third-order valence-corrected chi connectivity index (χ3v) is 2.86. The van der Waals surface area contributed by atoms with Gasteiger partial charge in [0.05, 0.1) is 17.6 Å². The highest BCUT2D eigenvalue weighted by Crippen LogP contribution is 2.26. The molecule has 2 aromatic rings. The summed E-state index contributed by atoms with van der Waals surface area (Å²) in [6.45, 7) is 2.05. The molecular formula is C12H12BrN3. The van der Waals surface area contributed by atoms with Crippen molar-refractivity contribution in [2.45, 2.75) is 6.92 Å². The molecule has 0 aliphatic carbocycles. The van der Waals surface area contributed by atoms with Gasteiger partial charge in [0, 0.05) is 4.47 Å². The van der Waals surface area contributed by atoms with Crippen LogP contribution in [-0.2, 0) is 0 Å². The number of nitrogen functional groups attached to an aromatic ring is 1. The lowest BCUT2D eigenvalue weighted by molar-refractivity contribution is 1.30. The summed E-state index contributed by atoms with van der Waals surface area (Å²) >= 11 is 3.49. The third kappa shape index (κ3) is 2.52. The van der Waals surface area contributed by atoms with Crippen molar-refractivity contribution in [3.63, 3.8) is 0 Å². The zero-order chi connectivity index (χ0) is 11.5. The van der Waals surface area contributed by atoms with Crippen molar-refractivity contribution < 1.29 is 0 Å². The predicted octanol–water partition coefficient (Wildman–Crippen LogP) is 3.48. The molecule has 0 aliphatic rings. The number of halogens is 1. The van der Waals surface area contributed by atoms with Gasteiger partial charge in [-0.3, -0.25) is 0 Å². The van der Waals surface area contributed by atoms with Gasteiger partial charge in [-0.1, -0.05) is 6.07 Å². The molecule has 0 radical (unpaired) electrons. The Kier molecular flexibility index (Phi) is 3.10. The van der Waals surface area contributed by atoms with Gasteiger partial charge in [-0.05, 0) is 52.7 Å². The molecular weight excluding hydrogens is 266 g/mol. The standard InChI is InChI=1S/C12H12BrN3/c1-8-2-4-10(13)11(6-8)16-12-5-3-9(14)7-15-12/h2-7H,14H2,1H3,(H,15,16). The van der Waals surface area contributed by atoms with Crippen molar-refractivity contribution >= 4 is 33.1 Å². The van der Waals surface area contributed by atoms with Gasteiger partial charge >= 0.3 is 0 Å². The number of anilines is 3. The van der Waals surface area contributed by atoms with E-state index in [-0.39, 0.29) is 0 Å². The summed E-state index contributed by atoms with van der Waals surface area (Å²) in [6, 6.07) is 9.78. The molecule has 1 heterocycles. The molecule has 0 unspecified atom stereocenters. The Morgan fingerprint density at radius 2 is 2.06 bits per heavy atom. The summed E-state index contributed by atoms with van der Waals surface area (Å²) in [5.41, 5.74) is 8.43. The maximum atomic E-state index is 5.57. The van der Waals surface area contributed by atoms with Gasteiger partial charge in [0.2, 0.25) is 0 Å². The lowest BCUT2D eigenvalue weighted by Crippen LogP contribution is -1.95. The topological polar surface area (TPSA) is 50.9 Å². The van der Waals surface area contributed by atoms with E-state index in [2.05, 4.69) is 32.3 Å². The highest BCUT2D eigenvalue weighted by Gasteiger charge is 2.01. The van der Waals surface area contributed by atoms with Crippen LogP contribution in [-0.4, -0.2) is 4.98 Å². The molecule has 2 rings (SSSR count). The lowest BCUT2D eigenvalue weighted by atomic mass is 10.2. The third-order valence-electron chi connectivity index (χ3n) is 2.17. The molecule has 1 aromatic heterocycles. The van der Waals surface area contributed by atoms with Crippen LogP contribution in [0.4, 0.5) is 17.2 Å². The van der Waals surface area contributed by atoms with E-state index in [4.69, 9.17) is 5.73 Å². The largest absolute Gasteiger partial charge is 0.397 e. The van der Waals surface area contributed by atoms with Gasteiger partial charge in [-0.25, -0.2) is 4.98 Å². The molecule has 0 spiro atoms. The summed E-state index contributed by atoms with van der Waals surface area (Å²) in [4.78, 5) is 4.19. The predicted molar refractivity (Wildman–Crippen MR) is 70.8 cm³/mol. The average Bonchev–Trinajstić information content (AvgIpc) is 2.27. The van der Waals surface area contributed by atoms with E-state index in [0.717, 1.165) is 16.0 Å². The van der Waals surface area contributed by atoms with Crippen LogP contribution in [0.2, 0.25) is 0 Å². The van der Waals surface area contributed by atoms with E-state index >= 15 is 0 Å². The van der Waals surface area contributed by atoms with E-state index in [9.17, 15) is 0 Å². The highest BCUT2D eigenvalue weighted by atomic mass is 79.9. The maximum Gasteiger partial charge on any atom is 0.130 e. The number of hydrogen-bond acceptors (Lipinski definition) is 3. The summed E-state index contributed by atoms with van der Waals surface area (Å²) in [6.07, 6.45) is 1.63. The van der Waals surface area contributed by atoms with E-state index in [0.29, 0.717) is 5.69 Å². The zero-order valence-corrected chi connectivity index (χ0v) is 10.5. The second kappa shape index (κ2) is 4.53. The van der Waals surface area contributed by atoms with Gasteiger partial charge < -0.3 is 11.1 Å². The molecule has 0 saturated heterocycles. The second-order valence-corrected chi connectivity index (χ2v) is 4.44. The van der Waals surface area contributed by atoms with Crippen LogP contribution in [0.25, 0.3) is 0 Å². The second-order valence-electron chi connectivity index (χ2n) is 3.59. The van der Waals surface area contributed by atoms with Crippen LogP contribution in [0.3, 0.4) is 0 Å². The molecule has 0 bridgehead atoms. The molecule has 1 aromatic carbocycles. The molecule has 0 atom stereocenters. The monoisotopic (exact) mass is 277 g/mol. The van der Waals surface area contributed by atoms with E-state index < -0.39 is 0 Å². The van der Waals surface area contributed by atoms with E-state index in [1.54, 1.807) is 6.20 Å². The number of rotatable bonds is 2. The van der Waals surface area contributed by atoms with Gasteiger partial charge in [0.15, 0.2) is 0 Å². The smallest absolute Gasteiger partial charge is 0.130 e. The first kappa shape index (κ1) is 11.0. The van der Waals surface area contributed by atoms with Crippen molar-refractivity contribution in [2.24, 2.45) is 0 Å². The van der Waals surface area contributed by atoms with Crippen molar-refractivity contribution in [3.8, 4) is 0 Å². The first-order valence-corrected chi connectivity index (χ1v) is 5.69. The Bertz CT molecular complexity index is 494. The quantitative estimate of drug-likeness (QED) is 0.884. The van der Waals surface area contributed by atoms with E-state index in [1.807, 2.05) is 31.2 Å². The average molecular weight is 278 g/mol. The zero-order valence-electron chi connectivity index (χ0n) is 8.87. The number of nitrogens with two attached hydrogens (primary N) is 1. The van der Waals surface area contributed by atoms with Gasteiger partial charge in [-0.2, -0.15) is 0 Å². The number of aryl methyl sites for hydroxylation is 1. The summed E-state index contributed by atoms with van der Waals surface area (Å²) in [5, 5.41) is 3.23. The fraction of sp³-hybridized carbons (Fsp3) is 0.0833. The molecule has 4 heteroatoms. The molecule has 0 fully saturated rings. The number of nitrogens with zero attached hydrogens (tertiary/aromatic N) is 1. The number of nitrogens with one attached hydrogen (secondary N) is 1. The first-order chi connectivity index (χ1) is 7.65. The normalized spacial score (nSPS) is 10.1. The number of benzene rings is 1. The van der Waals surface area contributed by atoms with E-state index in [1.165, 1.54) is 5.56 Å². The molecule has 0 saturated carbocycles. The summed E-state index contributed by atoms with van der Waals surface area (Å²) in [5.74, 6) is 0.778. The SMILES string of the molecule is Cc1ccc(Br)c(Nc2ccc(N)cn2)c1. The van der Waals surface area contributed by atoms with Gasteiger partial charge in [-0.15, -0.1) is 0 Å². The van der Waals surface area contributed by atoms with Crippen LogP contribution >= 0.6 is 15.9 Å². The number of hydrogen-bond donors (Lipinski definition) is 2. The minimum absolute atomic E-state index is 0.661. The number of pyridine rings is 1. The van der Waals surface area contributed by atoms with Crippen molar-refractivity contribution in [1.82, 2.24) is 4.98 Å². The summed E-state index contributed by atoms with van der Waals surface area (Å²) in [7, 11) is 0. The van der Waals surface area contributed by atoms with Crippen LogP contribution < -0.4 is 11.1 Å². The Morgan fingerprint density at radius 1 is 1.25 bits per heavy atom. The molecule has 3 nitrogen and oxygen atoms in total. The Balaban J connectivity index is 2.26. The highest BCUT2D eigenvalue weighted by molar-refractivity contribution is 9.10. The van der Waals surface area contributed by atoms with Gasteiger partial charge in [0.1, 0.15) is 5.82 Å². The van der Waals surface area contributed by atoms with Crippen molar-refractivity contribution in [3.05, 3.63) is 46.6 Å². The molecule has 3 N–H and O–H groups in total. The van der Waals surface area contributed by atoms with Crippen LogP contribution in [0.5, 0.6) is 0 Å². The summed E-state index contributed by atoms with van der Waals surface area (Å²) < 4.78 is 1.01. The Hall–Kier alpha value is -1.55. The lowest BCUT2D eigenvalue weighted by Gasteiger charge is -2.08. The molecule has 16 heavy (non-hydrogen) atoms. The molecule has 82 valence electrons. The molecule has 0 amide bonds. The maximum absolute atomic E-state index is 5.57. The first-order valence-electron chi connectivity index (χ1n) is 4.90. The van der Waals surface area contributed by atoms with Crippen molar-refractivity contribution in [2.75, 3.05) is 11.1 Å². The fourth-order valence-electron chi connectivity index (χ4n) is 1.35. The van der Waals surface area contributed by atoms with Gasteiger partial charge in [0.25, 0.3) is 0 Å². The minimum Gasteiger partial charge on any atom is -0.397 e. The Labute approximate surface area is 103 Å². The minimum atomic E-state index is 0.661. The van der Waals surface area contributed by atoms with Crippen LogP contribution in [0.15, 0.2) is 41.0 Å².